The SMILES string of the molecule is COc1ccc(/C=C2/SC(=O)N(Cc3ccc(F)cc3)C2=O)cc1OC. The van der Waals surface area contributed by atoms with Gasteiger partial charge in [0, 0.05) is 0 Å². The van der Waals surface area contributed by atoms with Gasteiger partial charge >= 0.3 is 0 Å². The molecule has 0 unspecified atom stereocenters. The zero-order valence-corrected chi connectivity index (χ0v) is 15.0. The van der Waals surface area contributed by atoms with E-state index in [0.717, 1.165) is 22.2 Å². The van der Waals surface area contributed by atoms with Gasteiger partial charge in [-0.1, -0.05) is 18.2 Å². The predicted molar refractivity (Wildman–Crippen MR) is 97.5 cm³/mol. The van der Waals surface area contributed by atoms with Crippen LogP contribution in [0.2, 0.25) is 0 Å². The third-order valence-corrected chi connectivity index (χ3v) is 4.74. The van der Waals surface area contributed by atoms with E-state index in [2.05, 4.69) is 0 Å². The molecule has 1 aliphatic rings. The number of amides is 2. The van der Waals surface area contributed by atoms with Gasteiger partial charge in [-0.25, -0.2) is 4.39 Å². The fourth-order valence-corrected chi connectivity index (χ4v) is 3.34. The fraction of sp³-hybridized carbons (Fsp3) is 0.158. The van der Waals surface area contributed by atoms with E-state index in [0.29, 0.717) is 22.0 Å². The van der Waals surface area contributed by atoms with E-state index in [1.54, 1.807) is 43.5 Å². The normalized spacial score (nSPS) is 15.7. The molecular weight excluding hydrogens is 357 g/mol. The molecule has 1 heterocycles. The van der Waals surface area contributed by atoms with Gasteiger partial charge in [0.1, 0.15) is 5.82 Å². The van der Waals surface area contributed by atoms with E-state index < -0.39 is 0 Å². The Labute approximate surface area is 154 Å². The molecule has 134 valence electrons. The molecule has 1 aliphatic heterocycles. The summed E-state index contributed by atoms with van der Waals surface area (Å²) in [5, 5.41) is -0.356. The van der Waals surface area contributed by atoms with Crippen molar-refractivity contribution < 1.29 is 23.5 Å². The summed E-state index contributed by atoms with van der Waals surface area (Å²) in [5.74, 6) is 0.371. The number of thioether (sulfide) groups is 1. The maximum Gasteiger partial charge on any atom is 0.293 e. The number of hydrogen-bond donors (Lipinski definition) is 0. The Bertz CT molecular complexity index is 880. The van der Waals surface area contributed by atoms with Gasteiger partial charge in [-0.05, 0) is 53.2 Å². The quantitative estimate of drug-likeness (QED) is 0.739. The number of ether oxygens (including phenoxy) is 2. The Morgan fingerprint density at radius 3 is 2.38 bits per heavy atom. The zero-order valence-electron chi connectivity index (χ0n) is 14.2. The van der Waals surface area contributed by atoms with Crippen molar-refractivity contribution in [3.8, 4) is 11.5 Å². The first-order chi connectivity index (χ1) is 12.5. The lowest BCUT2D eigenvalue weighted by atomic mass is 10.1. The fourth-order valence-electron chi connectivity index (χ4n) is 2.50. The highest BCUT2D eigenvalue weighted by Crippen LogP contribution is 2.35. The summed E-state index contributed by atoms with van der Waals surface area (Å²) >= 11 is 0.875. The molecule has 1 saturated heterocycles. The molecule has 0 atom stereocenters. The highest BCUT2D eigenvalue weighted by atomic mass is 32.2. The molecule has 2 aromatic rings. The molecule has 2 amide bonds. The van der Waals surface area contributed by atoms with Gasteiger partial charge < -0.3 is 9.47 Å². The number of carbonyl (C=O) groups is 2. The van der Waals surface area contributed by atoms with Crippen molar-refractivity contribution in [1.82, 2.24) is 4.90 Å². The first kappa shape index (κ1) is 18.0. The van der Waals surface area contributed by atoms with Gasteiger partial charge in [0.05, 0.1) is 25.7 Å². The molecule has 0 spiro atoms. The number of hydrogen-bond acceptors (Lipinski definition) is 5. The number of nitrogens with zero attached hydrogens (tertiary/aromatic N) is 1. The molecular formula is C19H16FNO4S. The third kappa shape index (κ3) is 3.72. The van der Waals surface area contributed by atoms with E-state index in [1.807, 2.05) is 0 Å². The molecule has 0 aromatic heterocycles. The van der Waals surface area contributed by atoms with Crippen LogP contribution >= 0.6 is 11.8 Å². The number of methoxy groups -OCH3 is 2. The molecule has 0 bridgehead atoms. The second kappa shape index (κ2) is 7.61. The second-order valence-electron chi connectivity index (χ2n) is 5.51. The van der Waals surface area contributed by atoms with Crippen LogP contribution in [0.15, 0.2) is 47.4 Å². The standard InChI is InChI=1S/C19H16FNO4S/c1-24-15-8-5-13(9-16(15)25-2)10-17-18(22)21(19(23)26-17)11-12-3-6-14(20)7-4-12/h3-10H,11H2,1-2H3/b17-10+. The van der Waals surface area contributed by atoms with Crippen LogP contribution in [0.3, 0.4) is 0 Å². The third-order valence-electron chi connectivity index (χ3n) is 3.83. The lowest BCUT2D eigenvalue weighted by Crippen LogP contribution is -2.27. The van der Waals surface area contributed by atoms with Crippen molar-refractivity contribution in [3.63, 3.8) is 0 Å². The van der Waals surface area contributed by atoms with Gasteiger partial charge in [0.2, 0.25) is 0 Å². The molecule has 0 radical (unpaired) electrons. The molecule has 5 nitrogen and oxygen atoms in total. The molecule has 26 heavy (non-hydrogen) atoms. The summed E-state index contributed by atoms with van der Waals surface area (Å²) in [5.41, 5.74) is 1.40. The molecule has 7 heteroatoms. The van der Waals surface area contributed by atoms with Crippen LogP contribution in [0.25, 0.3) is 6.08 Å². The van der Waals surface area contributed by atoms with Crippen LogP contribution in [0.1, 0.15) is 11.1 Å². The van der Waals surface area contributed by atoms with Crippen LogP contribution in [0.5, 0.6) is 11.5 Å². The maximum absolute atomic E-state index is 13.0. The summed E-state index contributed by atoms with van der Waals surface area (Å²) in [7, 11) is 3.07. The summed E-state index contributed by atoms with van der Waals surface area (Å²) in [6.07, 6.45) is 1.64. The van der Waals surface area contributed by atoms with E-state index in [9.17, 15) is 14.0 Å². The summed E-state index contributed by atoms with van der Waals surface area (Å²) in [6.45, 7) is 0.105. The average molecular weight is 373 g/mol. The van der Waals surface area contributed by atoms with Gasteiger partial charge in [-0.3, -0.25) is 14.5 Å². The van der Waals surface area contributed by atoms with Crippen molar-refractivity contribution in [2.24, 2.45) is 0 Å². The smallest absolute Gasteiger partial charge is 0.293 e. The molecule has 1 fully saturated rings. The number of benzene rings is 2. The highest BCUT2D eigenvalue weighted by Gasteiger charge is 2.35. The van der Waals surface area contributed by atoms with Crippen molar-refractivity contribution in [2.45, 2.75) is 6.54 Å². The van der Waals surface area contributed by atoms with Gasteiger partial charge in [0.15, 0.2) is 11.5 Å². The maximum atomic E-state index is 13.0. The van der Waals surface area contributed by atoms with Gasteiger partial charge in [0.25, 0.3) is 11.1 Å². The Hall–Kier alpha value is -2.80. The van der Waals surface area contributed by atoms with E-state index in [1.165, 1.54) is 19.2 Å². The van der Waals surface area contributed by atoms with E-state index in [4.69, 9.17) is 9.47 Å². The van der Waals surface area contributed by atoms with Crippen LogP contribution in [-0.2, 0) is 11.3 Å². The Balaban J connectivity index is 1.81. The molecule has 3 rings (SSSR count). The number of halogens is 1. The number of rotatable bonds is 5. The summed E-state index contributed by atoms with van der Waals surface area (Å²) in [4.78, 5) is 26.2. The van der Waals surface area contributed by atoms with Crippen LogP contribution < -0.4 is 9.47 Å². The Kier molecular flexibility index (Phi) is 5.27. The lowest BCUT2D eigenvalue weighted by Gasteiger charge is -2.12. The van der Waals surface area contributed by atoms with Crippen LogP contribution in [0.4, 0.5) is 9.18 Å². The van der Waals surface area contributed by atoms with E-state index in [-0.39, 0.29) is 23.5 Å². The van der Waals surface area contributed by atoms with Gasteiger partial charge in [-0.15, -0.1) is 0 Å². The van der Waals surface area contributed by atoms with E-state index >= 15 is 0 Å². The first-order valence-electron chi connectivity index (χ1n) is 7.73. The average Bonchev–Trinajstić information content (AvgIpc) is 2.90. The minimum Gasteiger partial charge on any atom is -0.493 e. The van der Waals surface area contributed by atoms with Gasteiger partial charge in [-0.2, -0.15) is 0 Å². The largest absolute Gasteiger partial charge is 0.493 e. The number of carbonyl (C=O) groups excluding carboxylic acids is 2. The molecule has 0 aliphatic carbocycles. The first-order valence-corrected chi connectivity index (χ1v) is 8.55. The minimum absolute atomic E-state index is 0.105. The zero-order chi connectivity index (χ0) is 18.7. The van der Waals surface area contributed by atoms with Crippen LogP contribution in [0, 0.1) is 5.82 Å². The monoisotopic (exact) mass is 373 g/mol. The minimum atomic E-state index is -0.376. The molecule has 2 aromatic carbocycles. The van der Waals surface area contributed by atoms with Crippen molar-refractivity contribution in [1.29, 1.82) is 0 Å². The molecule has 0 N–H and O–H groups in total. The summed E-state index contributed by atoms with van der Waals surface area (Å²) < 4.78 is 23.4. The van der Waals surface area contributed by atoms with Crippen molar-refractivity contribution in [3.05, 3.63) is 64.3 Å². The van der Waals surface area contributed by atoms with Crippen LogP contribution in [-0.4, -0.2) is 30.3 Å². The highest BCUT2D eigenvalue weighted by molar-refractivity contribution is 8.18. The predicted octanol–water partition coefficient (Wildman–Crippen LogP) is 4.08. The van der Waals surface area contributed by atoms with Crippen molar-refractivity contribution in [2.75, 3.05) is 14.2 Å². The second-order valence-corrected chi connectivity index (χ2v) is 6.50. The summed E-state index contributed by atoms with van der Waals surface area (Å²) in [6, 6.07) is 10.9. The molecule has 0 saturated carbocycles. The topological polar surface area (TPSA) is 55.8 Å². The number of imide groups is 1. The Morgan fingerprint density at radius 2 is 1.73 bits per heavy atom. The van der Waals surface area contributed by atoms with Crippen molar-refractivity contribution >= 4 is 29.0 Å². The Morgan fingerprint density at radius 1 is 1.04 bits per heavy atom. The lowest BCUT2D eigenvalue weighted by molar-refractivity contribution is -0.123.